The number of carboxylic acid groups (broad SMARTS) is 6. The van der Waals surface area contributed by atoms with Crippen LogP contribution in [0.2, 0.25) is 0 Å². The molecule has 88 heavy (non-hydrogen) atoms. The van der Waals surface area contributed by atoms with Crippen molar-refractivity contribution in [3.8, 4) is 0 Å². The van der Waals surface area contributed by atoms with E-state index in [0.717, 1.165) is 70.2 Å². The summed E-state index contributed by atoms with van der Waals surface area (Å²) in [6.45, 7) is 6.15. The van der Waals surface area contributed by atoms with Crippen LogP contribution in [0.5, 0.6) is 0 Å². The lowest BCUT2D eigenvalue weighted by molar-refractivity contribution is -0.140. The van der Waals surface area contributed by atoms with Gasteiger partial charge in [0.2, 0.25) is 17.7 Å². The van der Waals surface area contributed by atoms with Crippen LogP contribution in [0.1, 0.15) is 64.2 Å². The Morgan fingerprint density at radius 1 is 0.398 bits per heavy atom. The van der Waals surface area contributed by atoms with Gasteiger partial charge < -0.3 is 62.5 Å². The van der Waals surface area contributed by atoms with Crippen molar-refractivity contribution in [2.45, 2.75) is 81.5 Å². The number of unbranched alkanes of at least 4 members (excludes halogenated alkanes) is 5. The Morgan fingerprint density at radius 3 is 1.06 bits per heavy atom. The van der Waals surface area contributed by atoms with Gasteiger partial charge in [-0.2, -0.15) is 11.8 Å². The number of carboxylic acids is 6. The fourth-order valence-electron chi connectivity index (χ4n) is 11.2. The summed E-state index contributed by atoms with van der Waals surface area (Å²) in [7, 11) is 0. The molecule has 0 saturated carbocycles. The highest BCUT2D eigenvalue weighted by Gasteiger charge is 2.42. The molecule has 0 aromatic carbocycles. The Morgan fingerprint density at radius 2 is 0.705 bits per heavy atom. The first-order valence-corrected chi connectivity index (χ1v) is 32.3. The number of hydrogen-bond acceptors (Lipinski definition) is 21. The van der Waals surface area contributed by atoms with Gasteiger partial charge in [0.05, 0.1) is 71.0 Å². The van der Waals surface area contributed by atoms with Gasteiger partial charge >= 0.3 is 41.8 Å². The lowest BCUT2D eigenvalue weighted by atomic mass is 10.0. The van der Waals surface area contributed by atoms with Gasteiger partial charge in [-0.1, -0.05) is 25.7 Å². The zero-order valence-corrected chi connectivity index (χ0v) is 52.2. The van der Waals surface area contributed by atoms with Gasteiger partial charge in [0, 0.05) is 148 Å². The molecule has 4 aliphatic rings. The van der Waals surface area contributed by atoms with Crippen molar-refractivity contribution in [3.63, 3.8) is 0 Å². The minimum Gasteiger partial charge on any atom is -0.480 e. The van der Waals surface area contributed by atoms with E-state index in [1.807, 2.05) is 26.5 Å². The third kappa shape index (κ3) is 34.4. The highest BCUT2D eigenvalue weighted by Crippen LogP contribution is 2.33. The Hall–Kier alpha value is -5.55. The summed E-state index contributed by atoms with van der Waals surface area (Å²) < 4.78 is 0. The number of fused-ring (bicyclic) bond motifs is 1. The van der Waals surface area contributed by atoms with E-state index in [-0.39, 0.29) is 213 Å². The molecule has 0 spiro atoms. The van der Waals surface area contributed by atoms with Crippen LogP contribution < -0.4 is 31.9 Å². The molecule has 0 aliphatic carbocycles. The second-order valence-electron chi connectivity index (χ2n) is 23.2. The highest BCUT2D eigenvalue weighted by atomic mass is 32.2. The quantitative estimate of drug-likeness (QED) is 0.0208. The fraction of sp³-hybridized carbons (Fsp3) is 0.821. The smallest absolute Gasteiger partial charge is 0.317 e. The molecule has 0 bridgehead atoms. The molecule has 4 rings (SSSR count). The van der Waals surface area contributed by atoms with Crippen molar-refractivity contribution in [1.29, 1.82) is 0 Å². The van der Waals surface area contributed by atoms with Crippen LogP contribution in [0.4, 0.5) is 4.79 Å². The predicted molar refractivity (Wildman–Crippen MR) is 327 cm³/mol. The highest BCUT2D eigenvalue weighted by molar-refractivity contribution is 8.00. The van der Waals surface area contributed by atoms with E-state index in [1.165, 1.54) is 0 Å². The van der Waals surface area contributed by atoms with Crippen molar-refractivity contribution in [2.75, 3.05) is 215 Å². The van der Waals surface area contributed by atoms with E-state index >= 15 is 0 Å². The molecule has 5 amide bonds. The number of amides is 5. The summed E-state index contributed by atoms with van der Waals surface area (Å²) in [6.07, 6.45) is 9.25. The number of urea groups is 1. The van der Waals surface area contributed by atoms with Crippen molar-refractivity contribution in [3.05, 3.63) is 0 Å². The van der Waals surface area contributed by atoms with E-state index in [9.17, 15) is 78.6 Å². The fourth-order valence-corrected chi connectivity index (χ4v) is 12.7. The molecule has 4 aliphatic heterocycles. The zero-order valence-electron chi connectivity index (χ0n) is 51.3. The first kappa shape index (κ1) is 74.9. The molecule has 32 heteroatoms. The van der Waals surface area contributed by atoms with Crippen molar-refractivity contribution in [2.24, 2.45) is 0 Å². The van der Waals surface area contributed by atoms with Crippen LogP contribution >= 0.6 is 11.8 Å². The summed E-state index contributed by atoms with van der Waals surface area (Å²) in [5.41, 5.74) is 0. The van der Waals surface area contributed by atoms with Crippen LogP contribution in [0.15, 0.2) is 0 Å². The summed E-state index contributed by atoms with van der Waals surface area (Å²) in [6, 6.07) is 0.446. The Balaban J connectivity index is 1.27. The summed E-state index contributed by atoms with van der Waals surface area (Å²) >= 11 is 1.95. The minimum atomic E-state index is -1.06. The number of carbonyl (C=O) groups excluding carboxylic acids is 4. The lowest BCUT2D eigenvalue weighted by Gasteiger charge is -2.32. The Kier molecular flexibility index (Phi) is 36.8. The molecule has 0 radical (unpaired) electrons. The number of thioether (sulfide) groups is 1. The third-order valence-electron chi connectivity index (χ3n) is 15.9. The topological polar surface area (TPSA) is 393 Å². The second kappa shape index (κ2) is 43.2. The maximum absolute atomic E-state index is 13.5. The van der Waals surface area contributed by atoms with Crippen LogP contribution in [-0.2, 0) is 43.2 Å². The molecule has 12 N–H and O–H groups in total. The van der Waals surface area contributed by atoms with E-state index in [1.54, 1.807) is 29.4 Å². The van der Waals surface area contributed by atoms with Gasteiger partial charge in [-0.25, -0.2) is 4.79 Å². The average molecular weight is 1270 g/mol. The third-order valence-corrected chi connectivity index (χ3v) is 17.5. The van der Waals surface area contributed by atoms with Gasteiger partial charge in [-0.05, 0) is 51.6 Å². The molecular weight excluding hydrogens is 1170 g/mol. The second-order valence-corrected chi connectivity index (χ2v) is 24.5. The maximum Gasteiger partial charge on any atom is 0.317 e. The number of aliphatic carboxylic acids is 6. The maximum atomic E-state index is 13.5. The van der Waals surface area contributed by atoms with E-state index in [2.05, 4.69) is 31.9 Å². The lowest BCUT2D eigenvalue weighted by Crippen LogP contribution is -2.50. The van der Waals surface area contributed by atoms with Gasteiger partial charge in [-0.15, -0.1) is 0 Å². The number of nitrogens with zero attached hydrogens (tertiary/aromatic N) is 9. The van der Waals surface area contributed by atoms with Crippen LogP contribution in [-0.4, -0.2) is 367 Å². The first-order valence-electron chi connectivity index (χ1n) is 31.2. The predicted octanol–water partition coefficient (Wildman–Crippen LogP) is -3.76. The molecule has 4 fully saturated rings. The van der Waals surface area contributed by atoms with Crippen LogP contribution in [0.3, 0.4) is 0 Å². The van der Waals surface area contributed by atoms with Crippen LogP contribution in [0.25, 0.3) is 0 Å². The number of carbonyl (C=O) groups is 10. The minimum absolute atomic E-state index is 0.0510. The first-order chi connectivity index (χ1) is 42.2. The Labute approximate surface area is 520 Å². The van der Waals surface area contributed by atoms with Crippen LogP contribution in [0, 0.1) is 0 Å². The number of hydrogen-bond donors (Lipinski definition) is 12. The summed E-state index contributed by atoms with van der Waals surface area (Å²) in [5, 5.41) is 76.4. The molecule has 4 saturated heterocycles. The molecule has 4 heterocycles. The molecule has 502 valence electrons. The molecular formula is C56H101N15O16S. The van der Waals surface area contributed by atoms with Gasteiger partial charge in [0.25, 0.3) is 0 Å². The SMILES string of the molecule is O=C(O)CN1CCN(CC(=O)O)CCN(CC(=O)NCCCN(CCCNC(=O)CN2CCN(CC(=O)O)CCN(CC(=O)O)CCN(CC(=O)O)CC2)CC(=O)NCCCCCCNCCCCC[C@@H]2SC[C@@H]3NC(=O)N[C@@H]32)CCN(CC(=O)O)CC1. The molecule has 0 aromatic rings. The normalized spacial score (nSPS) is 20.7. The summed E-state index contributed by atoms with van der Waals surface area (Å²) in [4.78, 5) is 138. The largest absolute Gasteiger partial charge is 0.480 e. The van der Waals surface area contributed by atoms with Crippen molar-refractivity contribution >= 4 is 71.3 Å². The van der Waals surface area contributed by atoms with E-state index in [0.29, 0.717) is 37.7 Å². The average Bonchev–Trinajstić information content (AvgIpc) is 3.57. The number of nitrogens with one attached hydrogen (secondary N) is 6. The standard InChI is InChI=1S/C56H101N15O16S/c72-46(58-13-7-2-1-5-11-57-12-6-3-4-10-45-55-44(43-88-45)61-56(87)62-55)34-63(16-8-14-59-47(73)35-64-18-22-66(37-49(75)76)26-30-70(41-53(83)84)31-27-67(23-19-64)38-50(77)78)17-9-15-60-48(74)36-65-20-24-68(39-51(79)80)28-32-71(42-54(85)86)33-29-69(25-21-65)40-52(81)82/h44-45,55,57H,1-43H2,(H,58,72)(H,59,73)(H,60,74)(H,75,76)(H,77,78)(H,79,80)(H,81,82)(H,83,84)(H,85,86)(H2,61,62,87)/t44-,45-,55-/m0/s1. The van der Waals surface area contributed by atoms with E-state index in [4.69, 9.17) is 0 Å². The molecule has 3 atom stereocenters. The van der Waals surface area contributed by atoms with Crippen molar-refractivity contribution < 1.29 is 78.6 Å². The number of rotatable bonds is 39. The molecule has 0 unspecified atom stereocenters. The van der Waals surface area contributed by atoms with Gasteiger partial charge in [-0.3, -0.25) is 87.3 Å². The molecule has 0 aromatic heterocycles. The summed E-state index contributed by atoms with van der Waals surface area (Å²) in [5.74, 6) is -6.12. The van der Waals surface area contributed by atoms with Gasteiger partial charge in [0.1, 0.15) is 0 Å². The van der Waals surface area contributed by atoms with Gasteiger partial charge in [0.15, 0.2) is 0 Å². The molecule has 31 nitrogen and oxygen atoms in total. The Bertz CT molecular complexity index is 2010. The van der Waals surface area contributed by atoms with E-state index < -0.39 is 35.8 Å². The zero-order chi connectivity index (χ0) is 64.1. The van der Waals surface area contributed by atoms with Crippen molar-refractivity contribution in [1.82, 2.24) is 76.0 Å². The monoisotopic (exact) mass is 1270 g/mol.